The summed E-state index contributed by atoms with van der Waals surface area (Å²) in [7, 11) is 0. The van der Waals surface area contributed by atoms with Crippen molar-refractivity contribution in [2.24, 2.45) is 11.7 Å². The molecule has 114 valence electrons. The first kappa shape index (κ1) is 15.5. The van der Waals surface area contributed by atoms with Gasteiger partial charge in [-0.1, -0.05) is 30.3 Å². The molecular weight excluding hydrogens is 268 g/mol. The molecule has 2 unspecified atom stereocenters. The molecule has 2 N–H and O–H groups in total. The van der Waals surface area contributed by atoms with Crippen molar-refractivity contribution in [1.29, 1.82) is 0 Å². The lowest BCUT2D eigenvalue weighted by Crippen LogP contribution is -2.45. The quantitative estimate of drug-likeness (QED) is 0.834. The fourth-order valence-electron chi connectivity index (χ4n) is 2.88. The van der Waals surface area contributed by atoms with Gasteiger partial charge in [-0.05, 0) is 31.9 Å². The first-order valence-corrected chi connectivity index (χ1v) is 7.38. The molecule has 0 saturated carbocycles. The van der Waals surface area contributed by atoms with Crippen molar-refractivity contribution in [2.75, 3.05) is 19.7 Å². The highest BCUT2D eigenvalue weighted by Crippen LogP contribution is 2.27. The molecule has 1 amide bonds. The van der Waals surface area contributed by atoms with E-state index in [1.165, 1.54) is 0 Å². The van der Waals surface area contributed by atoms with Gasteiger partial charge in [0, 0.05) is 6.54 Å². The smallest absolute Gasteiger partial charge is 0.310 e. The fraction of sp³-hybridized carbons (Fsp3) is 0.500. The third-order valence-electron chi connectivity index (χ3n) is 3.82. The zero-order valence-corrected chi connectivity index (χ0v) is 12.3. The maximum Gasteiger partial charge on any atom is 0.310 e. The molecule has 21 heavy (non-hydrogen) atoms. The maximum absolute atomic E-state index is 11.9. The van der Waals surface area contributed by atoms with Crippen LogP contribution in [0.5, 0.6) is 0 Å². The van der Waals surface area contributed by atoms with Crippen LogP contribution in [0.25, 0.3) is 0 Å². The van der Waals surface area contributed by atoms with E-state index in [9.17, 15) is 9.59 Å². The van der Waals surface area contributed by atoms with Gasteiger partial charge in [0.1, 0.15) is 6.04 Å². The van der Waals surface area contributed by atoms with Crippen molar-refractivity contribution >= 4 is 11.9 Å². The van der Waals surface area contributed by atoms with E-state index < -0.39 is 6.04 Å². The largest absolute Gasteiger partial charge is 0.466 e. The molecule has 1 aliphatic rings. The van der Waals surface area contributed by atoms with Gasteiger partial charge in [-0.2, -0.15) is 0 Å². The Morgan fingerprint density at radius 1 is 1.38 bits per heavy atom. The average molecular weight is 290 g/mol. The molecule has 5 nitrogen and oxygen atoms in total. The maximum atomic E-state index is 11.9. The molecule has 0 aromatic heterocycles. The Labute approximate surface area is 125 Å². The number of piperidine rings is 1. The minimum Gasteiger partial charge on any atom is -0.466 e. The second kappa shape index (κ2) is 7.22. The Morgan fingerprint density at radius 3 is 2.71 bits per heavy atom. The van der Waals surface area contributed by atoms with Gasteiger partial charge in [-0.3, -0.25) is 14.5 Å². The van der Waals surface area contributed by atoms with Gasteiger partial charge in [-0.25, -0.2) is 0 Å². The van der Waals surface area contributed by atoms with E-state index in [0.717, 1.165) is 24.9 Å². The van der Waals surface area contributed by atoms with Gasteiger partial charge in [0.15, 0.2) is 0 Å². The molecule has 1 saturated heterocycles. The highest BCUT2D eigenvalue weighted by Gasteiger charge is 2.33. The summed E-state index contributed by atoms with van der Waals surface area (Å²) < 4.78 is 5.09. The van der Waals surface area contributed by atoms with Crippen LogP contribution in [0.3, 0.4) is 0 Å². The van der Waals surface area contributed by atoms with E-state index in [1.807, 2.05) is 35.2 Å². The number of nitrogens with two attached hydrogens (primary N) is 1. The second-order valence-electron chi connectivity index (χ2n) is 5.30. The van der Waals surface area contributed by atoms with Gasteiger partial charge in [0.2, 0.25) is 5.91 Å². The van der Waals surface area contributed by atoms with Crippen LogP contribution in [0.1, 0.15) is 31.4 Å². The Hall–Kier alpha value is -1.88. The molecule has 0 bridgehead atoms. The van der Waals surface area contributed by atoms with Crippen LogP contribution in [0.4, 0.5) is 0 Å². The number of carbonyl (C=O) groups is 2. The molecule has 1 aromatic carbocycles. The van der Waals surface area contributed by atoms with Gasteiger partial charge in [0.25, 0.3) is 0 Å². The van der Waals surface area contributed by atoms with Crippen LogP contribution in [-0.4, -0.2) is 36.5 Å². The molecule has 1 heterocycles. The number of carbonyl (C=O) groups excluding carboxylic acids is 2. The Bertz CT molecular complexity index is 490. The van der Waals surface area contributed by atoms with Crippen molar-refractivity contribution in [2.45, 2.75) is 25.8 Å². The SMILES string of the molecule is CCOC(=O)C1CCCN(C(C(N)=O)c2ccccc2)C1. The van der Waals surface area contributed by atoms with Crippen LogP contribution >= 0.6 is 0 Å². The Balaban J connectivity index is 2.14. The molecule has 1 aromatic rings. The number of benzene rings is 1. The van der Waals surface area contributed by atoms with Gasteiger partial charge in [0.05, 0.1) is 12.5 Å². The fourth-order valence-corrected chi connectivity index (χ4v) is 2.88. The summed E-state index contributed by atoms with van der Waals surface area (Å²) in [4.78, 5) is 25.8. The van der Waals surface area contributed by atoms with E-state index >= 15 is 0 Å². The highest BCUT2D eigenvalue weighted by molar-refractivity contribution is 5.81. The molecule has 0 spiro atoms. The number of ether oxygens (including phenoxy) is 1. The van der Waals surface area contributed by atoms with Crippen LogP contribution in [0, 0.1) is 5.92 Å². The van der Waals surface area contributed by atoms with Gasteiger partial charge < -0.3 is 10.5 Å². The zero-order chi connectivity index (χ0) is 15.2. The number of likely N-dealkylation sites (tertiary alicyclic amines) is 1. The third kappa shape index (κ3) is 3.82. The molecule has 0 aliphatic carbocycles. The van der Waals surface area contributed by atoms with E-state index in [-0.39, 0.29) is 17.8 Å². The lowest BCUT2D eigenvalue weighted by molar-refractivity contribution is -0.151. The number of rotatable bonds is 5. The lowest BCUT2D eigenvalue weighted by atomic mass is 9.94. The average Bonchev–Trinajstić information content (AvgIpc) is 2.49. The zero-order valence-electron chi connectivity index (χ0n) is 12.3. The minimum absolute atomic E-state index is 0.177. The molecule has 1 aliphatic heterocycles. The topological polar surface area (TPSA) is 72.6 Å². The van der Waals surface area contributed by atoms with E-state index in [4.69, 9.17) is 10.5 Å². The Kier molecular flexibility index (Phi) is 5.33. The summed E-state index contributed by atoms with van der Waals surface area (Å²) in [6.45, 7) is 3.46. The van der Waals surface area contributed by atoms with Crippen LogP contribution in [0.2, 0.25) is 0 Å². The Morgan fingerprint density at radius 2 is 2.10 bits per heavy atom. The number of nitrogens with zero attached hydrogens (tertiary/aromatic N) is 1. The monoisotopic (exact) mass is 290 g/mol. The van der Waals surface area contributed by atoms with Crippen molar-refractivity contribution in [3.63, 3.8) is 0 Å². The third-order valence-corrected chi connectivity index (χ3v) is 3.82. The second-order valence-corrected chi connectivity index (χ2v) is 5.30. The number of primary amides is 1. The summed E-state index contributed by atoms with van der Waals surface area (Å²) in [6.07, 6.45) is 1.66. The summed E-state index contributed by atoms with van der Waals surface area (Å²) in [5, 5.41) is 0. The van der Waals surface area contributed by atoms with Crippen molar-refractivity contribution in [3.05, 3.63) is 35.9 Å². The predicted octanol–water partition coefficient (Wildman–Crippen LogP) is 1.49. The number of amides is 1. The summed E-state index contributed by atoms with van der Waals surface area (Å²) >= 11 is 0. The molecule has 2 atom stereocenters. The van der Waals surface area contributed by atoms with E-state index in [1.54, 1.807) is 6.92 Å². The van der Waals surface area contributed by atoms with Crippen LogP contribution < -0.4 is 5.73 Å². The molecular formula is C16H22N2O3. The standard InChI is InChI=1S/C16H22N2O3/c1-2-21-16(20)13-9-6-10-18(11-13)14(15(17)19)12-7-4-3-5-8-12/h3-5,7-8,13-14H,2,6,9-11H2,1H3,(H2,17,19). The number of hydrogen-bond donors (Lipinski definition) is 1. The molecule has 5 heteroatoms. The highest BCUT2D eigenvalue weighted by atomic mass is 16.5. The number of hydrogen-bond acceptors (Lipinski definition) is 4. The minimum atomic E-state index is -0.483. The summed E-state index contributed by atoms with van der Waals surface area (Å²) in [5.41, 5.74) is 6.45. The van der Waals surface area contributed by atoms with Crippen molar-refractivity contribution in [3.8, 4) is 0 Å². The van der Waals surface area contributed by atoms with E-state index in [2.05, 4.69) is 0 Å². The van der Waals surface area contributed by atoms with E-state index in [0.29, 0.717) is 13.2 Å². The van der Waals surface area contributed by atoms with Crippen LogP contribution in [0.15, 0.2) is 30.3 Å². The van der Waals surface area contributed by atoms with Gasteiger partial charge in [-0.15, -0.1) is 0 Å². The molecule has 0 radical (unpaired) electrons. The number of esters is 1. The lowest BCUT2D eigenvalue weighted by Gasteiger charge is -2.36. The normalized spacial score (nSPS) is 20.7. The van der Waals surface area contributed by atoms with Crippen molar-refractivity contribution < 1.29 is 14.3 Å². The van der Waals surface area contributed by atoms with Gasteiger partial charge >= 0.3 is 5.97 Å². The van der Waals surface area contributed by atoms with Crippen LogP contribution in [-0.2, 0) is 14.3 Å². The first-order valence-electron chi connectivity index (χ1n) is 7.38. The summed E-state index contributed by atoms with van der Waals surface area (Å²) in [5.74, 6) is -0.742. The molecule has 2 rings (SSSR count). The summed E-state index contributed by atoms with van der Waals surface area (Å²) in [6, 6.07) is 8.98. The predicted molar refractivity (Wildman–Crippen MR) is 79.3 cm³/mol. The first-order chi connectivity index (χ1) is 10.1. The molecule has 1 fully saturated rings. The van der Waals surface area contributed by atoms with Crippen molar-refractivity contribution in [1.82, 2.24) is 4.90 Å².